The van der Waals surface area contributed by atoms with Crippen molar-refractivity contribution < 1.29 is 19.4 Å². The zero-order valence-corrected chi connectivity index (χ0v) is 23.7. The summed E-state index contributed by atoms with van der Waals surface area (Å²) in [5.41, 5.74) is 3.71. The Kier molecular flexibility index (Phi) is 11.4. The van der Waals surface area contributed by atoms with Gasteiger partial charge in [0.2, 0.25) is 0 Å². The summed E-state index contributed by atoms with van der Waals surface area (Å²) in [6, 6.07) is 22.4. The summed E-state index contributed by atoms with van der Waals surface area (Å²) in [6.07, 6.45) is 12.4. The molecule has 6 nitrogen and oxygen atoms in total. The van der Waals surface area contributed by atoms with Crippen molar-refractivity contribution in [3.63, 3.8) is 0 Å². The van der Waals surface area contributed by atoms with Gasteiger partial charge >= 0.3 is 5.97 Å². The number of thioether (sulfide) groups is 1. The Balaban J connectivity index is 1.20. The Bertz CT molecular complexity index is 1410. The number of aryl methyl sites for hydroxylation is 1. The molecule has 0 saturated carbocycles. The number of hydrogen-bond acceptors (Lipinski definition) is 6. The summed E-state index contributed by atoms with van der Waals surface area (Å²) in [6.45, 7) is 0.583. The molecule has 208 valence electrons. The van der Waals surface area contributed by atoms with Gasteiger partial charge in [-0.25, -0.2) is 9.78 Å². The number of benzene rings is 2. The van der Waals surface area contributed by atoms with Gasteiger partial charge in [0.1, 0.15) is 17.2 Å². The summed E-state index contributed by atoms with van der Waals surface area (Å²) >= 11 is 1.67. The molecule has 2 heterocycles. The number of aliphatic carboxylic acids is 1. The highest BCUT2D eigenvalue weighted by Gasteiger charge is 2.08. The number of carboxylic acids is 1. The highest BCUT2D eigenvalue weighted by Crippen LogP contribution is 2.27. The van der Waals surface area contributed by atoms with E-state index in [1.807, 2.05) is 36.4 Å². The Morgan fingerprint density at radius 1 is 0.950 bits per heavy atom. The fraction of sp³-hybridized carbons (Fsp3) is 0.303. The van der Waals surface area contributed by atoms with Crippen molar-refractivity contribution in [3.8, 4) is 11.5 Å². The minimum atomic E-state index is -1.01. The molecule has 0 spiro atoms. The normalized spacial score (nSPS) is 11.2. The second-order valence-electron chi connectivity index (χ2n) is 9.57. The number of ether oxygens (including phenoxy) is 2. The predicted molar refractivity (Wildman–Crippen MR) is 162 cm³/mol. The molecule has 0 aliphatic carbocycles. The first-order chi connectivity index (χ1) is 19.6. The highest BCUT2D eigenvalue weighted by atomic mass is 32.2. The fourth-order valence-electron chi connectivity index (χ4n) is 4.38. The number of aromatic nitrogens is 2. The zero-order valence-electron chi connectivity index (χ0n) is 22.9. The van der Waals surface area contributed by atoms with Crippen LogP contribution in [0.15, 0.2) is 83.9 Å². The number of carbonyl (C=O) groups is 1. The number of methoxy groups -OCH3 is 1. The Morgan fingerprint density at radius 3 is 2.55 bits per heavy atom. The standard InChI is InChI=1S/C33H36N2O4S/c1-38-28-15-11-25(12-16-28)9-6-4-2-3-5-7-22-39-32-19-14-27(35-30(32)18-20-33(36)37)24-40-29-17-13-26-10-8-21-34-31(26)23-29/h8,10-21,23H,2-7,9,22,24H2,1H3,(H,36,37)/b20-18+. The average Bonchev–Trinajstić information content (AvgIpc) is 2.98. The number of hydrogen-bond donors (Lipinski definition) is 1. The van der Waals surface area contributed by atoms with Crippen LogP contribution >= 0.6 is 11.8 Å². The van der Waals surface area contributed by atoms with Crippen LogP contribution in [0.5, 0.6) is 11.5 Å². The molecule has 0 saturated heterocycles. The zero-order chi connectivity index (χ0) is 28.0. The van der Waals surface area contributed by atoms with E-state index in [1.54, 1.807) is 25.1 Å². The van der Waals surface area contributed by atoms with E-state index < -0.39 is 5.97 Å². The van der Waals surface area contributed by atoms with E-state index in [0.717, 1.165) is 52.6 Å². The second kappa shape index (κ2) is 15.7. The molecule has 0 atom stereocenters. The van der Waals surface area contributed by atoms with Crippen molar-refractivity contribution >= 4 is 34.7 Å². The largest absolute Gasteiger partial charge is 0.497 e. The topological polar surface area (TPSA) is 81.5 Å². The molecule has 1 N–H and O–H groups in total. The smallest absolute Gasteiger partial charge is 0.328 e. The van der Waals surface area contributed by atoms with Gasteiger partial charge in [0.05, 0.1) is 24.9 Å². The molecule has 0 bridgehead atoms. The molecule has 0 aliphatic rings. The summed E-state index contributed by atoms with van der Waals surface area (Å²) in [5, 5.41) is 10.2. The van der Waals surface area contributed by atoms with Crippen molar-refractivity contribution in [2.75, 3.05) is 13.7 Å². The summed E-state index contributed by atoms with van der Waals surface area (Å²) in [5.74, 6) is 1.16. The fourth-order valence-corrected chi connectivity index (χ4v) is 5.22. The van der Waals surface area contributed by atoms with Gasteiger partial charge in [-0.15, -0.1) is 11.8 Å². The van der Waals surface area contributed by atoms with Crippen LogP contribution in [0.25, 0.3) is 17.0 Å². The summed E-state index contributed by atoms with van der Waals surface area (Å²) < 4.78 is 11.2. The van der Waals surface area contributed by atoms with Crippen LogP contribution in [-0.4, -0.2) is 34.8 Å². The van der Waals surface area contributed by atoms with Gasteiger partial charge in [-0.05, 0) is 73.4 Å². The van der Waals surface area contributed by atoms with Crippen LogP contribution in [0, 0.1) is 0 Å². The number of fused-ring (bicyclic) bond motifs is 1. The van der Waals surface area contributed by atoms with Crippen LogP contribution in [0.2, 0.25) is 0 Å². The summed E-state index contributed by atoms with van der Waals surface area (Å²) in [4.78, 5) is 21.4. The van der Waals surface area contributed by atoms with Crippen LogP contribution in [-0.2, 0) is 17.0 Å². The molecular formula is C33H36N2O4S. The molecule has 7 heteroatoms. The van der Waals surface area contributed by atoms with Crippen molar-refractivity contribution in [1.82, 2.24) is 9.97 Å². The molecule has 4 aromatic rings. The predicted octanol–water partition coefficient (Wildman–Crippen LogP) is 7.99. The molecule has 0 radical (unpaired) electrons. The first-order valence-electron chi connectivity index (χ1n) is 13.7. The Hall–Kier alpha value is -3.84. The molecule has 0 fully saturated rings. The molecule has 0 unspecified atom stereocenters. The lowest BCUT2D eigenvalue weighted by Crippen LogP contribution is -2.02. The van der Waals surface area contributed by atoms with Crippen LogP contribution < -0.4 is 9.47 Å². The van der Waals surface area contributed by atoms with Gasteiger partial charge in [-0.1, -0.05) is 49.9 Å². The number of unbranched alkanes of at least 4 members (excludes halogenated alkanes) is 5. The monoisotopic (exact) mass is 556 g/mol. The Morgan fingerprint density at radius 2 is 1.75 bits per heavy atom. The van der Waals surface area contributed by atoms with E-state index in [0.29, 0.717) is 23.8 Å². The van der Waals surface area contributed by atoms with Gasteiger partial charge in [0.25, 0.3) is 0 Å². The molecule has 2 aromatic carbocycles. The minimum Gasteiger partial charge on any atom is -0.497 e. The van der Waals surface area contributed by atoms with E-state index in [1.165, 1.54) is 37.3 Å². The van der Waals surface area contributed by atoms with Crippen LogP contribution in [0.4, 0.5) is 0 Å². The lowest BCUT2D eigenvalue weighted by atomic mass is 10.0. The average molecular weight is 557 g/mol. The SMILES string of the molecule is COc1ccc(CCCCCCCCOc2ccc(CSc3ccc4cccnc4c3)nc2/C=C/C(=O)O)cc1. The van der Waals surface area contributed by atoms with Crippen LogP contribution in [0.3, 0.4) is 0 Å². The first kappa shape index (κ1) is 29.2. The first-order valence-corrected chi connectivity index (χ1v) is 14.7. The van der Waals surface area contributed by atoms with Crippen molar-refractivity contribution in [2.24, 2.45) is 0 Å². The molecule has 4 rings (SSSR count). The van der Waals surface area contributed by atoms with E-state index >= 15 is 0 Å². The lowest BCUT2D eigenvalue weighted by Gasteiger charge is -2.11. The van der Waals surface area contributed by atoms with Gasteiger partial charge in [0.15, 0.2) is 0 Å². The quantitative estimate of drug-likeness (QED) is 0.0851. The van der Waals surface area contributed by atoms with Gasteiger partial charge < -0.3 is 14.6 Å². The van der Waals surface area contributed by atoms with E-state index in [2.05, 4.69) is 40.3 Å². The highest BCUT2D eigenvalue weighted by molar-refractivity contribution is 7.98. The Labute approximate surface area is 240 Å². The maximum Gasteiger partial charge on any atom is 0.328 e. The molecule has 0 aliphatic heterocycles. The molecule has 2 aromatic heterocycles. The third-order valence-corrected chi connectivity index (χ3v) is 7.60. The molecule has 40 heavy (non-hydrogen) atoms. The van der Waals surface area contributed by atoms with Crippen molar-refractivity contribution in [3.05, 3.63) is 96.0 Å². The lowest BCUT2D eigenvalue weighted by molar-refractivity contribution is -0.131. The van der Waals surface area contributed by atoms with E-state index in [-0.39, 0.29) is 0 Å². The number of nitrogens with zero attached hydrogens (tertiary/aromatic N) is 2. The van der Waals surface area contributed by atoms with Crippen molar-refractivity contribution in [2.45, 2.75) is 55.6 Å². The maximum absolute atomic E-state index is 11.1. The van der Waals surface area contributed by atoms with Gasteiger partial charge in [0, 0.05) is 28.3 Å². The summed E-state index contributed by atoms with van der Waals surface area (Å²) in [7, 11) is 1.69. The number of pyridine rings is 2. The van der Waals surface area contributed by atoms with Gasteiger partial charge in [-0.3, -0.25) is 4.98 Å². The molecular weight excluding hydrogens is 520 g/mol. The third-order valence-electron chi connectivity index (χ3n) is 6.57. The number of rotatable bonds is 16. The van der Waals surface area contributed by atoms with E-state index in [4.69, 9.17) is 14.6 Å². The van der Waals surface area contributed by atoms with E-state index in [9.17, 15) is 4.79 Å². The third kappa shape index (κ3) is 9.42. The number of carboxylic acid groups (broad SMARTS) is 1. The van der Waals surface area contributed by atoms with Crippen molar-refractivity contribution in [1.29, 1.82) is 0 Å². The minimum absolute atomic E-state index is 0.541. The van der Waals surface area contributed by atoms with Gasteiger partial charge in [-0.2, -0.15) is 0 Å². The maximum atomic E-state index is 11.1. The molecule has 0 amide bonds. The second-order valence-corrected chi connectivity index (χ2v) is 10.6. The van der Waals surface area contributed by atoms with Crippen LogP contribution in [0.1, 0.15) is 55.5 Å².